The van der Waals surface area contributed by atoms with Gasteiger partial charge < -0.3 is 5.73 Å². The standard InChI is InChI=1S/C9H13N3O/c1-7(5-10)6-12-9(13)4-3-8(2)11-12/h3-4H,1,5-6,10H2,2H3. The molecule has 4 nitrogen and oxygen atoms in total. The van der Waals surface area contributed by atoms with E-state index in [0.29, 0.717) is 13.1 Å². The van der Waals surface area contributed by atoms with Gasteiger partial charge in [-0.15, -0.1) is 0 Å². The highest BCUT2D eigenvalue weighted by Gasteiger charge is 1.98. The largest absolute Gasteiger partial charge is 0.327 e. The van der Waals surface area contributed by atoms with Crippen molar-refractivity contribution >= 4 is 0 Å². The molecule has 2 N–H and O–H groups in total. The van der Waals surface area contributed by atoms with Crippen molar-refractivity contribution in [1.29, 1.82) is 0 Å². The number of aryl methyl sites for hydroxylation is 1. The fourth-order valence-electron chi connectivity index (χ4n) is 0.941. The molecular formula is C9H13N3O. The molecule has 0 unspecified atom stereocenters. The lowest BCUT2D eigenvalue weighted by Crippen LogP contribution is -2.24. The van der Waals surface area contributed by atoms with Gasteiger partial charge in [-0.05, 0) is 18.6 Å². The summed E-state index contributed by atoms with van der Waals surface area (Å²) in [7, 11) is 0. The Morgan fingerprint density at radius 1 is 1.69 bits per heavy atom. The monoisotopic (exact) mass is 179 g/mol. The Kier molecular flexibility index (Phi) is 2.97. The molecule has 1 aromatic heterocycles. The fraction of sp³-hybridized carbons (Fsp3) is 0.333. The molecule has 0 saturated heterocycles. The second kappa shape index (κ2) is 4.00. The molecule has 13 heavy (non-hydrogen) atoms. The quantitative estimate of drug-likeness (QED) is 0.668. The van der Waals surface area contributed by atoms with E-state index in [9.17, 15) is 4.79 Å². The Hall–Kier alpha value is -1.42. The van der Waals surface area contributed by atoms with Crippen LogP contribution in [0.3, 0.4) is 0 Å². The zero-order chi connectivity index (χ0) is 9.84. The van der Waals surface area contributed by atoms with Gasteiger partial charge in [-0.2, -0.15) is 5.10 Å². The molecule has 0 amide bonds. The molecule has 0 aliphatic rings. The summed E-state index contributed by atoms with van der Waals surface area (Å²) in [5.41, 5.74) is 6.84. The van der Waals surface area contributed by atoms with E-state index in [1.54, 1.807) is 6.07 Å². The Bertz CT molecular complexity index is 367. The van der Waals surface area contributed by atoms with Crippen molar-refractivity contribution in [3.63, 3.8) is 0 Å². The summed E-state index contributed by atoms with van der Waals surface area (Å²) in [4.78, 5) is 11.2. The van der Waals surface area contributed by atoms with Crippen LogP contribution in [0.25, 0.3) is 0 Å². The normalized spacial score (nSPS) is 10.0. The van der Waals surface area contributed by atoms with E-state index in [0.717, 1.165) is 11.3 Å². The average Bonchev–Trinajstić information content (AvgIpc) is 2.11. The van der Waals surface area contributed by atoms with Crippen LogP contribution in [0, 0.1) is 6.92 Å². The van der Waals surface area contributed by atoms with Gasteiger partial charge in [-0.1, -0.05) is 6.58 Å². The molecule has 70 valence electrons. The van der Waals surface area contributed by atoms with E-state index in [2.05, 4.69) is 11.7 Å². The maximum absolute atomic E-state index is 11.2. The summed E-state index contributed by atoms with van der Waals surface area (Å²) >= 11 is 0. The van der Waals surface area contributed by atoms with E-state index < -0.39 is 0 Å². The minimum atomic E-state index is -0.125. The van der Waals surface area contributed by atoms with Gasteiger partial charge >= 0.3 is 0 Å². The second-order valence-corrected chi connectivity index (χ2v) is 2.92. The molecule has 1 heterocycles. The zero-order valence-corrected chi connectivity index (χ0v) is 7.66. The summed E-state index contributed by atoms with van der Waals surface area (Å²) in [6.45, 7) is 6.33. The maximum atomic E-state index is 11.2. The van der Waals surface area contributed by atoms with Crippen LogP contribution in [0.1, 0.15) is 5.69 Å². The number of rotatable bonds is 3. The van der Waals surface area contributed by atoms with Crippen LogP contribution < -0.4 is 11.3 Å². The van der Waals surface area contributed by atoms with Gasteiger partial charge in [-0.3, -0.25) is 4.79 Å². The molecule has 0 aromatic carbocycles. The van der Waals surface area contributed by atoms with Crippen LogP contribution in [-0.4, -0.2) is 16.3 Å². The van der Waals surface area contributed by atoms with Crippen molar-refractivity contribution in [1.82, 2.24) is 9.78 Å². The SMILES string of the molecule is C=C(CN)Cn1nc(C)ccc1=O. The predicted molar refractivity (Wildman–Crippen MR) is 51.4 cm³/mol. The molecule has 0 radical (unpaired) electrons. The first-order valence-electron chi connectivity index (χ1n) is 4.05. The van der Waals surface area contributed by atoms with E-state index in [4.69, 9.17) is 5.73 Å². The lowest BCUT2D eigenvalue weighted by atomic mass is 10.3. The van der Waals surface area contributed by atoms with Crippen LogP contribution in [0.2, 0.25) is 0 Å². The van der Waals surface area contributed by atoms with Crippen LogP contribution >= 0.6 is 0 Å². The van der Waals surface area contributed by atoms with E-state index in [1.807, 2.05) is 6.92 Å². The van der Waals surface area contributed by atoms with Gasteiger partial charge in [-0.25, -0.2) is 4.68 Å². The van der Waals surface area contributed by atoms with Crippen molar-refractivity contribution in [3.8, 4) is 0 Å². The molecule has 0 saturated carbocycles. The Labute approximate surface area is 76.7 Å². The Morgan fingerprint density at radius 3 is 3.00 bits per heavy atom. The Morgan fingerprint density at radius 2 is 2.38 bits per heavy atom. The van der Waals surface area contributed by atoms with Crippen molar-refractivity contribution in [2.75, 3.05) is 6.54 Å². The summed E-state index contributed by atoms with van der Waals surface area (Å²) in [5.74, 6) is 0. The van der Waals surface area contributed by atoms with Crippen LogP contribution in [0.4, 0.5) is 0 Å². The number of hydrogen-bond donors (Lipinski definition) is 1. The molecule has 4 heteroatoms. The topological polar surface area (TPSA) is 60.9 Å². The molecule has 0 fully saturated rings. The van der Waals surface area contributed by atoms with Gasteiger partial charge in [0.1, 0.15) is 0 Å². The van der Waals surface area contributed by atoms with E-state index in [1.165, 1.54) is 10.7 Å². The lowest BCUT2D eigenvalue weighted by Gasteiger charge is -2.05. The first-order chi connectivity index (χ1) is 6.13. The van der Waals surface area contributed by atoms with Gasteiger partial charge in [0, 0.05) is 12.6 Å². The summed E-state index contributed by atoms with van der Waals surface area (Å²) < 4.78 is 1.37. The zero-order valence-electron chi connectivity index (χ0n) is 7.66. The summed E-state index contributed by atoms with van der Waals surface area (Å²) in [6.07, 6.45) is 0. The molecule has 1 rings (SSSR count). The Balaban J connectivity index is 2.94. The molecule has 0 aliphatic heterocycles. The first-order valence-corrected chi connectivity index (χ1v) is 4.05. The van der Waals surface area contributed by atoms with E-state index in [-0.39, 0.29) is 5.56 Å². The van der Waals surface area contributed by atoms with Crippen LogP contribution in [-0.2, 0) is 6.54 Å². The predicted octanol–water partition coefficient (Wildman–Crippen LogP) is 0.0666. The second-order valence-electron chi connectivity index (χ2n) is 2.92. The average molecular weight is 179 g/mol. The smallest absolute Gasteiger partial charge is 0.267 e. The van der Waals surface area contributed by atoms with E-state index >= 15 is 0 Å². The molecule has 0 atom stereocenters. The van der Waals surface area contributed by atoms with Crippen molar-refractivity contribution in [2.24, 2.45) is 5.73 Å². The fourth-order valence-corrected chi connectivity index (χ4v) is 0.941. The molecule has 0 spiro atoms. The van der Waals surface area contributed by atoms with Gasteiger partial charge in [0.2, 0.25) is 0 Å². The molecule has 0 bridgehead atoms. The minimum absolute atomic E-state index is 0.125. The van der Waals surface area contributed by atoms with Crippen molar-refractivity contribution in [2.45, 2.75) is 13.5 Å². The number of nitrogens with two attached hydrogens (primary N) is 1. The van der Waals surface area contributed by atoms with Gasteiger partial charge in [0.05, 0.1) is 12.2 Å². The van der Waals surface area contributed by atoms with Crippen molar-refractivity contribution in [3.05, 3.63) is 40.3 Å². The lowest BCUT2D eigenvalue weighted by molar-refractivity contribution is 0.616. The minimum Gasteiger partial charge on any atom is -0.327 e. The third-order valence-electron chi connectivity index (χ3n) is 1.66. The molecule has 0 aliphatic carbocycles. The number of nitrogens with zero attached hydrogens (tertiary/aromatic N) is 2. The summed E-state index contributed by atoms with van der Waals surface area (Å²) in [6, 6.07) is 3.18. The molecule has 1 aromatic rings. The summed E-state index contributed by atoms with van der Waals surface area (Å²) in [5, 5.41) is 4.05. The van der Waals surface area contributed by atoms with Crippen LogP contribution in [0.15, 0.2) is 29.1 Å². The van der Waals surface area contributed by atoms with Crippen molar-refractivity contribution < 1.29 is 0 Å². The first kappa shape index (κ1) is 9.67. The highest BCUT2D eigenvalue weighted by Crippen LogP contribution is 1.91. The van der Waals surface area contributed by atoms with Gasteiger partial charge in [0.15, 0.2) is 0 Å². The van der Waals surface area contributed by atoms with Crippen LogP contribution in [0.5, 0.6) is 0 Å². The highest BCUT2D eigenvalue weighted by molar-refractivity contribution is 5.00. The number of hydrogen-bond acceptors (Lipinski definition) is 3. The number of aromatic nitrogens is 2. The maximum Gasteiger partial charge on any atom is 0.267 e. The third kappa shape index (κ3) is 2.52. The van der Waals surface area contributed by atoms with Gasteiger partial charge in [0.25, 0.3) is 5.56 Å². The highest BCUT2D eigenvalue weighted by atomic mass is 16.1. The molecular weight excluding hydrogens is 166 g/mol. The third-order valence-corrected chi connectivity index (χ3v) is 1.66.